The van der Waals surface area contributed by atoms with E-state index < -0.39 is 0 Å². The maximum absolute atomic E-state index is 6.13. The molecule has 1 heterocycles. The molecule has 0 saturated carbocycles. The van der Waals surface area contributed by atoms with Crippen LogP contribution in [-0.4, -0.2) is 10.7 Å². The van der Waals surface area contributed by atoms with Crippen molar-refractivity contribution in [2.75, 3.05) is 5.32 Å². The number of benzene rings is 2. The van der Waals surface area contributed by atoms with Crippen molar-refractivity contribution in [1.29, 1.82) is 0 Å². The highest BCUT2D eigenvalue weighted by Gasteiger charge is 2.34. The van der Waals surface area contributed by atoms with E-state index >= 15 is 0 Å². The van der Waals surface area contributed by atoms with Gasteiger partial charge < -0.3 is 15.4 Å². The van der Waals surface area contributed by atoms with Crippen molar-refractivity contribution in [3.63, 3.8) is 0 Å². The molecule has 3 nitrogen and oxygen atoms in total. The summed E-state index contributed by atoms with van der Waals surface area (Å²) in [6.07, 6.45) is 0.859. The third-order valence-electron chi connectivity index (χ3n) is 4.69. The molecule has 25 heavy (non-hydrogen) atoms. The van der Waals surface area contributed by atoms with Crippen LogP contribution in [0, 0.1) is 20.8 Å². The van der Waals surface area contributed by atoms with Crippen molar-refractivity contribution in [3.05, 3.63) is 58.7 Å². The molecule has 0 bridgehead atoms. The predicted octanol–water partition coefficient (Wildman–Crippen LogP) is 5.20. The van der Waals surface area contributed by atoms with Gasteiger partial charge in [-0.15, -0.1) is 0 Å². The van der Waals surface area contributed by atoms with E-state index in [0.29, 0.717) is 5.11 Å². The molecule has 0 fully saturated rings. The third-order valence-corrected chi connectivity index (χ3v) is 4.91. The molecule has 1 aliphatic heterocycles. The van der Waals surface area contributed by atoms with Gasteiger partial charge >= 0.3 is 0 Å². The molecule has 1 atom stereocenters. The number of hydrogen-bond acceptors (Lipinski definition) is 2. The minimum atomic E-state index is -0.226. The van der Waals surface area contributed by atoms with E-state index in [2.05, 4.69) is 81.7 Å². The van der Waals surface area contributed by atoms with Gasteiger partial charge in [-0.25, -0.2) is 0 Å². The van der Waals surface area contributed by atoms with Crippen molar-refractivity contribution in [3.8, 4) is 5.75 Å². The fourth-order valence-corrected chi connectivity index (χ4v) is 3.51. The lowest BCUT2D eigenvalue weighted by atomic mass is 9.89. The Morgan fingerprint density at radius 1 is 1.08 bits per heavy atom. The van der Waals surface area contributed by atoms with E-state index in [1.165, 1.54) is 22.3 Å². The summed E-state index contributed by atoms with van der Waals surface area (Å²) in [5.41, 5.74) is 5.71. The summed E-state index contributed by atoms with van der Waals surface area (Å²) in [6, 6.07) is 12.7. The van der Waals surface area contributed by atoms with Gasteiger partial charge in [-0.05, 0) is 76.2 Å². The van der Waals surface area contributed by atoms with Crippen molar-refractivity contribution in [2.45, 2.75) is 52.7 Å². The van der Waals surface area contributed by atoms with E-state index in [1.807, 2.05) is 0 Å². The van der Waals surface area contributed by atoms with Crippen molar-refractivity contribution in [1.82, 2.24) is 5.32 Å². The Labute approximate surface area is 155 Å². The van der Waals surface area contributed by atoms with Crippen LogP contribution in [0.25, 0.3) is 0 Å². The summed E-state index contributed by atoms with van der Waals surface area (Å²) in [4.78, 5) is 0. The molecular weight excluding hydrogens is 328 g/mol. The van der Waals surface area contributed by atoms with E-state index in [0.717, 1.165) is 17.9 Å². The minimum absolute atomic E-state index is 0.130. The Bertz CT molecular complexity index is 814. The molecule has 0 spiro atoms. The van der Waals surface area contributed by atoms with Gasteiger partial charge in [0.05, 0.1) is 6.04 Å². The summed E-state index contributed by atoms with van der Waals surface area (Å²) >= 11 is 5.57. The molecule has 4 heteroatoms. The van der Waals surface area contributed by atoms with E-state index in [4.69, 9.17) is 17.0 Å². The highest BCUT2D eigenvalue weighted by Crippen LogP contribution is 2.39. The lowest BCUT2D eigenvalue weighted by molar-refractivity contribution is 0.0696. The molecule has 0 amide bonds. The second kappa shape index (κ2) is 6.68. The SMILES string of the molecule is Cc1ccc2c(c1)C(NC(=S)Nc1ccc(C)c(C)c1)CC(C)(C)O2. The first kappa shape index (κ1) is 17.7. The molecule has 1 unspecified atom stereocenters. The van der Waals surface area contributed by atoms with Gasteiger partial charge in [0.15, 0.2) is 5.11 Å². The maximum Gasteiger partial charge on any atom is 0.171 e. The smallest absolute Gasteiger partial charge is 0.171 e. The number of thiocarbonyl (C=S) groups is 1. The normalized spacial score (nSPS) is 18.0. The summed E-state index contributed by atoms with van der Waals surface area (Å²) in [5.74, 6) is 0.938. The van der Waals surface area contributed by atoms with Gasteiger partial charge in [-0.1, -0.05) is 23.8 Å². The Balaban J connectivity index is 1.78. The van der Waals surface area contributed by atoms with Crippen LogP contribution in [0.1, 0.15) is 48.6 Å². The van der Waals surface area contributed by atoms with Crippen LogP contribution in [0.4, 0.5) is 5.69 Å². The predicted molar refractivity (Wildman–Crippen MR) is 109 cm³/mol. The molecular formula is C21H26N2OS. The highest BCUT2D eigenvalue weighted by molar-refractivity contribution is 7.80. The van der Waals surface area contributed by atoms with Gasteiger partial charge in [0.2, 0.25) is 0 Å². The van der Waals surface area contributed by atoms with Crippen LogP contribution in [0.3, 0.4) is 0 Å². The van der Waals surface area contributed by atoms with Crippen LogP contribution in [0.15, 0.2) is 36.4 Å². The van der Waals surface area contributed by atoms with E-state index in [9.17, 15) is 0 Å². The first-order valence-electron chi connectivity index (χ1n) is 8.68. The zero-order valence-electron chi connectivity index (χ0n) is 15.6. The zero-order valence-corrected chi connectivity index (χ0v) is 16.4. The van der Waals surface area contributed by atoms with Crippen LogP contribution in [0.5, 0.6) is 5.75 Å². The molecule has 2 aromatic carbocycles. The lowest BCUT2D eigenvalue weighted by Gasteiger charge is -2.38. The number of ether oxygens (including phenoxy) is 1. The number of aryl methyl sites for hydroxylation is 3. The first-order chi connectivity index (χ1) is 11.7. The Kier molecular flexibility index (Phi) is 4.74. The Hall–Kier alpha value is -2.07. The molecule has 0 aromatic heterocycles. The number of rotatable bonds is 2. The second-order valence-electron chi connectivity index (χ2n) is 7.56. The third kappa shape index (κ3) is 4.13. The lowest BCUT2D eigenvalue weighted by Crippen LogP contribution is -2.42. The van der Waals surface area contributed by atoms with E-state index in [1.54, 1.807) is 0 Å². The van der Waals surface area contributed by atoms with Gasteiger partial charge in [-0.2, -0.15) is 0 Å². The van der Waals surface area contributed by atoms with Crippen LogP contribution in [0.2, 0.25) is 0 Å². The molecule has 1 aliphatic rings. The fraction of sp³-hybridized carbons (Fsp3) is 0.381. The van der Waals surface area contributed by atoms with Crippen LogP contribution in [-0.2, 0) is 0 Å². The Morgan fingerprint density at radius 3 is 2.56 bits per heavy atom. The average molecular weight is 355 g/mol. The maximum atomic E-state index is 6.13. The average Bonchev–Trinajstić information content (AvgIpc) is 2.51. The number of hydrogen-bond donors (Lipinski definition) is 2. The van der Waals surface area contributed by atoms with Gasteiger partial charge in [0.1, 0.15) is 11.4 Å². The monoisotopic (exact) mass is 354 g/mol. The molecule has 2 aromatic rings. The quantitative estimate of drug-likeness (QED) is 0.726. The second-order valence-corrected chi connectivity index (χ2v) is 7.97. The molecule has 0 radical (unpaired) electrons. The van der Waals surface area contributed by atoms with Crippen molar-refractivity contribution in [2.24, 2.45) is 0 Å². The zero-order chi connectivity index (χ0) is 18.2. The number of anilines is 1. The Morgan fingerprint density at radius 2 is 1.84 bits per heavy atom. The number of nitrogens with one attached hydrogen (secondary N) is 2. The van der Waals surface area contributed by atoms with Crippen molar-refractivity contribution >= 4 is 23.0 Å². The van der Waals surface area contributed by atoms with Gasteiger partial charge in [0.25, 0.3) is 0 Å². The molecule has 3 rings (SSSR count). The first-order valence-corrected chi connectivity index (χ1v) is 9.09. The van der Waals surface area contributed by atoms with E-state index in [-0.39, 0.29) is 11.6 Å². The van der Waals surface area contributed by atoms with Gasteiger partial charge in [0, 0.05) is 17.7 Å². The largest absolute Gasteiger partial charge is 0.487 e. The highest BCUT2D eigenvalue weighted by atomic mass is 32.1. The number of fused-ring (bicyclic) bond motifs is 1. The standard InChI is InChI=1S/C21H26N2OS/c1-13-6-9-19-17(10-13)18(12-21(4,5)24-19)23-20(25)22-16-8-7-14(2)15(3)11-16/h6-11,18H,12H2,1-5H3,(H2,22,23,25). The molecule has 0 saturated heterocycles. The summed E-state index contributed by atoms with van der Waals surface area (Å²) < 4.78 is 6.13. The van der Waals surface area contributed by atoms with Crippen molar-refractivity contribution < 1.29 is 4.74 Å². The topological polar surface area (TPSA) is 33.3 Å². The molecule has 0 aliphatic carbocycles. The molecule has 132 valence electrons. The fourth-order valence-electron chi connectivity index (χ4n) is 3.25. The minimum Gasteiger partial charge on any atom is -0.487 e. The summed E-state index contributed by atoms with van der Waals surface area (Å²) in [6.45, 7) is 10.5. The molecule has 2 N–H and O–H groups in total. The van der Waals surface area contributed by atoms with Crippen LogP contribution >= 0.6 is 12.2 Å². The summed E-state index contributed by atoms with van der Waals surface area (Å²) in [5, 5.41) is 7.43. The summed E-state index contributed by atoms with van der Waals surface area (Å²) in [7, 11) is 0. The van der Waals surface area contributed by atoms with Gasteiger partial charge in [-0.3, -0.25) is 0 Å². The van der Waals surface area contributed by atoms with Crippen LogP contribution < -0.4 is 15.4 Å².